The molecule has 0 fully saturated rings. The van der Waals surface area contributed by atoms with E-state index in [1.807, 2.05) is 49.6 Å². The molecule has 0 aliphatic heterocycles. The molecular formula is C14H22N10Pt+4. The Bertz CT molecular complexity index is 601. The van der Waals surface area contributed by atoms with Crippen molar-refractivity contribution in [3.63, 3.8) is 0 Å². The summed E-state index contributed by atoms with van der Waals surface area (Å²) < 4.78 is 0. The molecule has 11 heteroatoms. The summed E-state index contributed by atoms with van der Waals surface area (Å²) >= 11 is 0. The molecule has 4 aromatic heterocycles. The molecule has 0 saturated carbocycles. The summed E-state index contributed by atoms with van der Waals surface area (Å²) in [6.45, 7) is 0. The number of aromatic nitrogens is 8. The summed E-state index contributed by atoms with van der Waals surface area (Å²) in [6.07, 6.45) is 16.5. The second kappa shape index (κ2) is 11.9. The Kier molecular flexibility index (Phi) is 10.7. The topological polar surface area (TPSA) is 185 Å². The van der Waals surface area contributed by atoms with E-state index < -0.39 is 0 Å². The fraction of sp³-hybridized carbons (Fsp3) is 0.143. The zero-order valence-corrected chi connectivity index (χ0v) is 15.8. The van der Waals surface area contributed by atoms with Gasteiger partial charge in [0, 0.05) is 37.6 Å². The summed E-state index contributed by atoms with van der Waals surface area (Å²) in [5, 5.41) is 26.4. The number of nitrogens with one attached hydrogen (secondary N) is 4. The monoisotopic (exact) mass is 525 g/mol. The third kappa shape index (κ3) is 7.25. The average molecular weight is 525 g/mol. The van der Waals surface area contributed by atoms with E-state index in [2.05, 4.69) is 40.8 Å². The van der Waals surface area contributed by atoms with E-state index in [0.717, 1.165) is 12.8 Å². The minimum absolute atomic E-state index is 0. The van der Waals surface area contributed by atoms with Crippen LogP contribution in [0.1, 0.15) is 22.3 Å². The van der Waals surface area contributed by atoms with Gasteiger partial charge < -0.3 is 12.3 Å². The molecule has 134 valence electrons. The third-order valence-electron chi connectivity index (χ3n) is 3.04. The Hall–Kier alpha value is -2.55. The Morgan fingerprint density at radius 1 is 0.520 bits per heavy atom. The van der Waals surface area contributed by atoms with E-state index in [9.17, 15) is 0 Å². The molecule has 0 aliphatic carbocycles. The smallest absolute Gasteiger partial charge is 0.344 e. The van der Waals surface area contributed by atoms with Crippen molar-refractivity contribution < 1.29 is 21.1 Å². The van der Waals surface area contributed by atoms with Crippen molar-refractivity contribution in [1.29, 1.82) is 0 Å². The molecule has 0 atom stereocenters. The van der Waals surface area contributed by atoms with Crippen molar-refractivity contribution in [3.8, 4) is 0 Å². The molecule has 4 heterocycles. The summed E-state index contributed by atoms with van der Waals surface area (Å²) in [6, 6.07) is 0. The Labute approximate surface area is 159 Å². The van der Waals surface area contributed by atoms with Crippen LogP contribution in [0.25, 0.3) is 0 Å². The molecule has 25 heavy (non-hydrogen) atoms. The number of hydrogen-bond acceptors (Lipinski definition) is 6. The Morgan fingerprint density at radius 3 is 0.920 bits per heavy atom. The quantitative estimate of drug-likeness (QED) is 0.236. The average Bonchev–Trinajstić information content (AvgIpc) is 3.31. The van der Waals surface area contributed by atoms with Crippen molar-refractivity contribution >= 4 is 0 Å². The van der Waals surface area contributed by atoms with E-state index in [0.29, 0.717) is 0 Å². The van der Waals surface area contributed by atoms with Crippen LogP contribution < -0.4 is 12.3 Å². The first-order valence-corrected chi connectivity index (χ1v) is 6.81. The second-order valence-electron chi connectivity index (χ2n) is 4.78. The van der Waals surface area contributed by atoms with Gasteiger partial charge in [0.1, 0.15) is 0 Å². The molecular weight excluding hydrogens is 503 g/mol. The summed E-state index contributed by atoms with van der Waals surface area (Å²) in [4.78, 5) is 0. The largest absolute Gasteiger partial charge is 4.00 e. The maximum Gasteiger partial charge on any atom is 4.00 e. The molecule has 0 spiro atoms. The van der Waals surface area contributed by atoms with E-state index in [1.165, 1.54) is 22.3 Å². The molecule has 10 nitrogen and oxygen atoms in total. The van der Waals surface area contributed by atoms with Gasteiger partial charge in [0.05, 0.1) is 24.8 Å². The SMILES string of the molecule is N.N.[Pt+4].c1n[nH]cc1Cc1cn[nH]c1.c1n[nH]cc1Cc1cn[nH]c1. The van der Waals surface area contributed by atoms with Crippen molar-refractivity contribution in [1.82, 2.24) is 53.1 Å². The molecule has 4 aromatic rings. The maximum absolute atomic E-state index is 3.85. The van der Waals surface area contributed by atoms with Gasteiger partial charge in [-0.15, -0.1) is 0 Å². The van der Waals surface area contributed by atoms with Crippen molar-refractivity contribution in [2.45, 2.75) is 12.8 Å². The van der Waals surface area contributed by atoms with Gasteiger partial charge in [-0.25, -0.2) is 0 Å². The first kappa shape index (κ1) is 22.4. The van der Waals surface area contributed by atoms with Crippen molar-refractivity contribution in [3.05, 3.63) is 71.8 Å². The van der Waals surface area contributed by atoms with Crippen LogP contribution in [-0.2, 0) is 33.9 Å². The van der Waals surface area contributed by atoms with Gasteiger partial charge in [-0.2, -0.15) is 20.4 Å². The standard InChI is InChI=1S/2C7H8N4.2H3N.Pt/c2*1(6-2-8-9-3-6)7-4-10-11-5-7;;;/h2*2-5H,1H2,(H,8,9)(H,10,11);2*1H3;/q;;;;+4. The zero-order chi connectivity index (χ0) is 15.0. The third-order valence-corrected chi connectivity index (χ3v) is 3.04. The summed E-state index contributed by atoms with van der Waals surface area (Å²) in [7, 11) is 0. The van der Waals surface area contributed by atoms with Crippen LogP contribution in [0.5, 0.6) is 0 Å². The predicted octanol–water partition coefficient (Wildman–Crippen LogP) is 1.77. The number of rotatable bonds is 4. The van der Waals surface area contributed by atoms with Gasteiger partial charge in [0.15, 0.2) is 0 Å². The fourth-order valence-corrected chi connectivity index (χ4v) is 1.97. The van der Waals surface area contributed by atoms with Gasteiger partial charge in [0.25, 0.3) is 0 Å². The van der Waals surface area contributed by atoms with Crippen LogP contribution in [0.2, 0.25) is 0 Å². The van der Waals surface area contributed by atoms with Gasteiger partial charge in [-0.1, -0.05) is 0 Å². The van der Waals surface area contributed by atoms with Crippen LogP contribution >= 0.6 is 0 Å². The zero-order valence-electron chi connectivity index (χ0n) is 13.6. The molecule has 0 saturated heterocycles. The van der Waals surface area contributed by atoms with Crippen molar-refractivity contribution in [2.24, 2.45) is 0 Å². The fourth-order valence-electron chi connectivity index (χ4n) is 1.97. The Morgan fingerprint density at radius 2 is 0.760 bits per heavy atom. The van der Waals surface area contributed by atoms with Crippen LogP contribution in [-0.4, -0.2) is 40.8 Å². The van der Waals surface area contributed by atoms with E-state index in [-0.39, 0.29) is 33.4 Å². The van der Waals surface area contributed by atoms with Crippen molar-refractivity contribution in [2.75, 3.05) is 0 Å². The van der Waals surface area contributed by atoms with E-state index >= 15 is 0 Å². The first-order valence-electron chi connectivity index (χ1n) is 6.81. The number of aromatic amines is 4. The molecule has 4 rings (SSSR count). The van der Waals surface area contributed by atoms with Crippen LogP contribution in [0.15, 0.2) is 49.6 Å². The summed E-state index contributed by atoms with van der Waals surface area (Å²) in [5.41, 5.74) is 4.69. The predicted molar refractivity (Wildman–Crippen MR) is 90.0 cm³/mol. The summed E-state index contributed by atoms with van der Waals surface area (Å²) in [5.74, 6) is 0. The second-order valence-corrected chi connectivity index (χ2v) is 4.78. The van der Waals surface area contributed by atoms with Gasteiger partial charge >= 0.3 is 21.1 Å². The first-order chi connectivity index (χ1) is 10.9. The number of H-pyrrole nitrogens is 4. The van der Waals surface area contributed by atoms with E-state index in [1.54, 1.807) is 0 Å². The molecule has 0 bridgehead atoms. The van der Waals surface area contributed by atoms with E-state index in [4.69, 9.17) is 0 Å². The van der Waals surface area contributed by atoms with Gasteiger partial charge in [0.2, 0.25) is 0 Å². The van der Waals surface area contributed by atoms with Gasteiger partial charge in [-0.05, 0) is 22.3 Å². The minimum Gasteiger partial charge on any atom is -0.344 e. The molecule has 0 aromatic carbocycles. The Balaban J connectivity index is 0.000000411. The minimum atomic E-state index is 0. The molecule has 0 aliphatic rings. The number of nitrogens with zero attached hydrogens (tertiary/aromatic N) is 4. The number of hydrogen-bond donors (Lipinski definition) is 6. The maximum atomic E-state index is 3.85. The van der Waals surface area contributed by atoms with Crippen LogP contribution in [0.4, 0.5) is 0 Å². The molecule has 0 radical (unpaired) electrons. The van der Waals surface area contributed by atoms with Crippen LogP contribution in [0.3, 0.4) is 0 Å². The molecule has 0 unspecified atom stereocenters. The molecule has 10 N–H and O–H groups in total. The van der Waals surface area contributed by atoms with Crippen LogP contribution in [0, 0.1) is 0 Å². The normalized spacial score (nSPS) is 8.96. The van der Waals surface area contributed by atoms with Gasteiger partial charge in [-0.3, -0.25) is 20.4 Å². The molecule has 0 amide bonds.